The molecule has 3 aromatic rings. The first kappa shape index (κ1) is 17.0. The standard InChI is InChI=1S/C24H25NO/c1-16(2)19-15-20(17-11-7-5-8-12-17)25-22(18-13-9-6-10-14-18)21(19)23-24(3,4)26-23/h5-16,23H,1-4H3. The van der Waals surface area contributed by atoms with Gasteiger partial charge >= 0.3 is 0 Å². The van der Waals surface area contributed by atoms with Gasteiger partial charge in [-0.25, -0.2) is 4.98 Å². The fraction of sp³-hybridized carbons (Fsp3) is 0.292. The number of ether oxygens (including phenoxy) is 1. The number of benzene rings is 2. The van der Waals surface area contributed by atoms with Crippen molar-refractivity contribution in [3.63, 3.8) is 0 Å². The Morgan fingerprint density at radius 2 is 1.42 bits per heavy atom. The van der Waals surface area contributed by atoms with Crippen molar-refractivity contribution in [3.8, 4) is 22.5 Å². The molecule has 0 bridgehead atoms. The van der Waals surface area contributed by atoms with Crippen LogP contribution in [0.1, 0.15) is 50.8 Å². The number of hydrogen-bond donors (Lipinski definition) is 0. The average molecular weight is 343 g/mol. The van der Waals surface area contributed by atoms with Gasteiger partial charge in [0, 0.05) is 16.7 Å². The second-order valence-corrected chi connectivity index (χ2v) is 7.85. The lowest BCUT2D eigenvalue weighted by Crippen LogP contribution is -2.07. The zero-order valence-corrected chi connectivity index (χ0v) is 15.9. The van der Waals surface area contributed by atoms with Crippen molar-refractivity contribution >= 4 is 0 Å². The van der Waals surface area contributed by atoms with E-state index in [0.29, 0.717) is 5.92 Å². The Hall–Kier alpha value is -2.45. The first-order valence-corrected chi connectivity index (χ1v) is 9.31. The molecule has 2 heterocycles. The van der Waals surface area contributed by atoms with Crippen LogP contribution in [0.2, 0.25) is 0 Å². The van der Waals surface area contributed by atoms with Gasteiger partial charge in [0.2, 0.25) is 0 Å². The minimum atomic E-state index is -0.122. The van der Waals surface area contributed by atoms with Gasteiger partial charge in [0.15, 0.2) is 0 Å². The Kier molecular flexibility index (Phi) is 4.16. The fourth-order valence-corrected chi connectivity index (χ4v) is 3.58. The number of nitrogens with zero attached hydrogens (tertiary/aromatic N) is 1. The maximum atomic E-state index is 6.05. The summed E-state index contributed by atoms with van der Waals surface area (Å²) in [4.78, 5) is 5.10. The molecule has 1 saturated heterocycles. The lowest BCUT2D eigenvalue weighted by molar-refractivity contribution is 0.325. The molecule has 0 spiro atoms. The molecule has 2 heteroatoms. The highest BCUT2D eigenvalue weighted by molar-refractivity contribution is 5.72. The molecule has 0 amide bonds. The van der Waals surface area contributed by atoms with Gasteiger partial charge < -0.3 is 4.74 Å². The van der Waals surface area contributed by atoms with Gasteiger partial charge in [0.05, 0.1) is 17.0 Å². The SMILES string of the molecule is CC(C)c1cc(-c2ccccc2)nc(-c2ccccc2)c1C1OC1(C)C. The van der Waals surface area contributed by atoms with Crippen molar-refractivity contribution in [2.24, 2.45) is 0 Å². The highest BCUT2D eigenvalue weighted by Gasteiger charge is 2.51. The van der Waals surface area contributed by atoms with E-state index in [1.165, 1.54) is 11.1 Å². The lowest BCUT2D eigenvalue weighted by Gasteiger charge is -2.19. The van der Waals surface area contributed by atoms with Crippen LogP contribution >= 0.6 is 0 Å². The van der Waals surface area contributed by atoms with Crippen LogP contribution in [0.5, 0.6) is 0 Å². The molecule has 1 aliphatic rings. The van der Waals surface area contributed by atoms with E-state index in [-0.39, 0.29) is 11.7 Å². The van der Waals surface area contributed by atoms with Gasteiger partial charge in [-0.05, 0) is 31.4 Å². The maximum Gasteiger partial charge on any atom is 0.114 e. The number of epoxide rings is 1. The van der Waals surface area contributed by atoms with Crippen molar-refractivity contribution < 1.29 is 4.74 Å². The Morgan fingerprint density at radius 3 is 1.92 bits per heavy atom. The number of pyridine rings is 1. The predicted octanol–water partition coefficient (Wildman–Crippen LogP) is 6.39. The van der Waals surface area contributed by atoms with E-state index in [4.69, 9.17) is 9.72 Å². The summed E-state index contributed by atoms with van der Waals surface area (Å²) >= 11 is 0. The highest BCUT2D eigenvalue weighted by Crippen LogP contribution is 2.53. The van der Waals surface area contributed by atoms with Crippen LogP contribution < -0.4 is 0 Å². The lowest BCUT2D eigenvalue weighted by atomic mass is 9.87. The summed E-state index contributed by atoms with van der Waals surface area (Å²) in [6.45, 7) is 8.80. The molecule has 26 heavy (non-hydrogen) atoms. The molecule has 1 unspecified atom stereocenters. The minimum absolute atomic E-state index is 0.104. The summed E-state index contributed by atoms with van der Waals surface area (Å²) in [5, 5.41) is 0. The van der Waals surface area contributed by atoms with Crippen LogP contribution in [0.15, 0.2) is 66.7 Å². The van der Waals surface area contributed by atoms with Gasteiger partial charge in [-0.15, -0.1) is 0 Å². The smallest absolute Gasteiger partial charge is 0.114 e. The first-order chi connectivity index (χ1) is 12.5. The quantitative estimate of drug-likeness (QED) is 0.513. The second kappa shape index (κ2) is 6.37. The Labute approximate surface area is 155 Å². The van der Waals surface area contributed by atoms with Crippen LogP contribution in [0.3, 0.4) is 0 Å². The van der Waals surface area contributed by atoms with Crippen molar-refractivity contribution in [1.82, 2.24) is 4.98 Å². The topological polar surface area (TPSA) is 25.4 Å². The van der Waals surface area contributed by atoms with Crippen LogP contribution in [0, 0.1) is 0 Å². The predicted molar refractivity (Wildman–Crippen MR) is 107 cm³/mol. The molecular formula is C24H25NO. The molecule has 0 aliphatic carbocycles. The second-order valence-electron chi connectivity index (χ2n) is 7.85. The molecule has 1 atom stereocenters. The van der Waals surface area contributed by atoms with Gasteiger partial charge in [-0.1, -0.05) is 74.5 Å². The minimum Gasteiger partial charge on any atom is -0.361 e. The summed E-state index contributed by atoms with van der Waals surface area (Å²) < 4.78 is 6.05. The number of rotatable bonds is 4. The van der Waals surface area contributed by atoms with E-state index in [9.17, 15) is 0 Å². The molecule has 2 nitrogen and oxygen atoms in total. The Morgan fingerprint density at radius 1 is 0.885 bits per heavy atom. The number of hydrogen-bond acceptors (Lipinski definition) is 2. The third-order valence-electron chi connectivity index (χ3n) is 5.09. The van der Waals surface area contributed by atoms with E-state index in [1.54, 1.807) is 0 Å². The molecule has 0 radical (unpaired) electrons. The van der Waals surface area contributed by atoms with Crippen LogP contribution in [0.4, 0.5) is 0 Å². The van der Waals surface area contributed by atoms with Gasteiger partial charge in [0.25, 0.3) is 0 Å². The fourth-order valence-electron chi connectivity index (χ4n) is 3.58. The van der Waals surface area contributed by atoms with E-state index in [1.807, 2.05) is 12.1 Å². The molecule has 4 rings (SSSR count). The summed E-state index contributed by atoms with van der Waals surface area (Å²) in [6, 6.07) is 23.1. The van der Waals surface area contributed by atoms with Gasteiger partial charge in [-0.3, -0.25) is 0 Å². The third kappa shape index (κ3) is 3.06. The Balaban J connectivity index is 1.98. The molecule has 0 saturated carbocycles. The molecule has 1 aromatic heterocycles. The molecule has 1 fully saturated rings. The number of aromatic nitrogens is 1. The van der Waals surface area contributed by atoms with Crippen molar-refractivity contribution in [3.05, 3.63) is 77.9 Å². The average Bonchev–Trinajstić information content (AvgIpc) is 3.29. The van der Waals surface area contributed by atoms with Crippen molar-refractivity contribution in [2.75, 3.05) is 0 Å². The van der Waals surface area contributed by atoms with Crippen molar-refractivity contribution in [1.29, 1.82) is 0 Å². The van der Waals surface area contributed by atoms with E-state index < -0.39 is 0 Å². The highest BCUT2D eigenvalue weighted by atomic mass is 16.6. The van der Waals surface area contributed by atoms with Crippen LogP contribution in [-0.4, -0.2) is 10.6 Å². The maximum absolute atomic E-state index is 6.05. The van der Waals surface area contributed by atoms with Gasteiger partial charge in [0.1, 0.15) is 6.10 Å². The van der Waals surface area contributed by atoms with E-state index in [0.717, 1.165) is 22.5 Å². The zero-order chi connectivity index (χ0) is 18.3. The molecule has 0 N–H and O–H groups in total. The van der Waals surface area contributed by atoms with Crippen LogP contribution in [0.25, 0.3) is 22.5 Å². The van der Waals surface area contributed by atoms with E-state index >= 15 is 0 Å². The first-order valence-electron chi connectivity index (χ1n) is 9.31. The Bertz CT molecular complexity index is 914. The molecule has 1 aliphatic heterocycles. The summed E-state index contributed by atoms with van der Waals surface area (Å²) in [5.74, 6) is 0.401. The molecule has 132 valence electrons. The zero-order valence-electron chi connectivity index (χ0n) is 15.9. The summed E-state index contributed by atoms with van der Waals surface area (Å²) in [6.07, 6.45) is 0.104. The normalized spacial score (nSPS) is 18.1. The summed E-state index contributed by atoms with van der Waals surface area (Å²) in [5.41, 5.74) is 6.82. The largest absolute Gasteiger partial charge is 0.361 e. The van der Waals surface area contributed by atoms with Crippen LogP contribution in [-0.2, 0) is 4.74 Å². The molecule has 2 aromatic carbocycles. The van der Waals surface area contributed by atoms with Gasteiger partial charge in [-0.2, -0.15) is 0 Å². The monoisotopic (exact) mass is 343 g/mol. The molecular weight excluding hydrogens is 318 g/mol. The summed E-state index contributed by atoms with van der Waals surface area (Å²) in [7, 11) is 0. The van der Waals surface area contributed by atoms with Crippen molar-refractivity contribution in [2.45, 2.75) is 45.3 Å². The van der Waals surface area contributed by atoms with E-state index in [2.05, 4.69) is 82.3 Å². The third-order valence-corrected chi connectivity index (χ3v) is 5.09.